The van der Waals surface area contributed by atoms with Crippen LogP contribution in [0.5, 0.6) is 0 Å². The molecular formula is C14H15F2NO3. The second-order valence-electron chi connectivity index (χ2n) is 4.21. The maximum absolute atomic E-state index is 13.4. The van der Waals surface area contributed by atoms with Gasteiger partial charge in [-0.1, -0.05) is 6.08 Å². The lowest BCUT2D eigenvalue weighted by Crippen LogP contribution is -2.41. The number of halogens is 2. The fourth-order valence-corrected chi connectivity index (χ4v) is 1.63. The van der Waals surface area contributed by atoms with Crippen LogP contribution < -0.4 is 5.32 Å². The van der Waals surface area contributed by atoms with Gasteiger partial charge in [0.05, 0.1) is 5.56 Å². The van der Waals surface area contributed by atoms with Crippen LogP contribution in [0.15, 0.2) is 30.9 Å². The van der Waals surface area contributed by atoms with Crippen LogP contribution in [-0.4, -0.2) is 23.0 Å². The van der Waals surface area contributed by atoms with Crippen LogP contribution in [-0.2, 0) is 4.79 Å². The molecule has 1 aromatic carbocycles. The zero-order valence-electron chi connectivity index (χ0n) is 10.7. The number of nitrogens with one attached hydrogen (secondary N) is 1. The molecule has 20 heavy (non-hydrogen) atoms. The SMILES string of the molecule is C=CCCC[C@H](NC(=O)c1ccc(F)cc1F)C(=O)O. The fourth-order valence-electron chi connectivity index (χ4n) is 1.63. The Morgan fingerprint density at radius 1 is 1.40 bits per heavy atom. The van der Waals surface area contributed by atoms with Crippen LogP contribution in [0.25, 0.3) is 0 Å². The van der Waals surface area contributed by atoms with Gasteiger partial charge in [0, 0.05) is 6.07 Å². The van der Waals surface area contributed by atoms with Gasteiger partial charge in [0.1, 0.15) is 17.7 Å². The highest BCUT2D eigenvalue weighted by Crippen LogP contribution is 2.10. The van der Waals surface area contributed by atoms with E-state index in [0.717, 1.165) is 12.1 Å². The molecule has 0 aliphatic rings. The molecule has 0 unspecified atom stereocenters. The Hall–Kier alpha value is -2.24. The second-order valence-corrected chi connectivity index (χ2v) is 4.21. The molecule has 1 aromatic rings. The standard InChI is InChI=1S/C14H15F2NO3/c1-2-3-4-5-12(14(19)20)17-13(18)10-7-6-9(15)8-11(10)16/h2,6-8,12H,1,3-5H2,(H,17,18)(H,19,20)/t12-/m0/s1. The van der Waals surface area contributed by atoms with E-state index < -0.39 is 29.6 Å². The minimum Gasteiger partial charge on any atom is -0.480 e. The molecule has 0 aliphatic carbocycles. The minimum absolute atomic E-state index is 0.204. The van der Waals surface area contributed by atoms with Crippen LogP contribution in [0.3, 0.4) is 0 Å². The van der Waals surface area contributed by atoms with Gasteiger partial charge in [0.2, 0.25) is 0 Å². The summed E-state index contributed by atoms with van der Waals surface area (Å²) >= 11 is 0. The number of carboxylic acids is 1. The van der Waals surface area contributed by atoms with Crippen LogP contribution in [0.4, 0.5) is 8.78 Å². The van der Waals surface area contributed by atoms with E-state index in [1.54, 1.807) is 6.08 Å². The summed E-state index contributed by atoms with van der Waals surface area (Å²) in [5, 5.41) is 11.2. The minimum atomic E-state index is -1.20. The number of hydrogen-bond acceptors (Lipinski definition) is 2. The molecule has 0 saturated heterocycles. The summed E-state index contributed by atoms with van der Waals surface area (Å²) in [6, 6.07) is 1.36. The summed E-state index contributed by atoms with van der Waals surface area (Å²) in [6.45, 7) is 3.51. The number of hydrogen-bond donors (Lipinski definition) is 2. The Morgan fingerprint density at radius 3 is 2.65 bits per heavy atom. The van der Waals surface area contributed by atoms with Crippen LogP contribution >= 0.6 is 0 Å². The van der Waals surface area contributed by atoms with Crippen molar-refractivity contribution in [2.75, 3.05) is 0 Å². The molecule has 1 atom stereocenters. The molecule has 0 spiro atoms. The molecule has 0 saturated carbocycles. The molecule has 6 heteroatoms. The van der Waals surface area contributed by atoms with Gasteiger partial charge in [-0.05, 0) is 31.4 Å². The number of carbonyl (C=O) groups is 2. The maximum atomic E-state index is 13.4. The number of rotatable bonds is 7. The first-order chi connectivity index (χ1) is 9.45. The summed E-state index contributed by atoms with van der Waals surface area (Å²) in [4.78, 5) is 22.8. The molecule has 4 nitrogen and oxygen atoms in total. The first kappa shape index (κ1) is 15.8. The van der Waals surface area contributed by atoms with E-state index in [-0.39, 0.29) is 12.0 Å². The Labute approximate surface area is 115 Å². The summed E-state index contributed by atoms with van der Waals surface area (Å²) in [7, 11) is 0. The maximum Gasteiger partial charge on any atom is 0.326 e. The highest BCUT2D eigenvalue weighted by molar-refractivity contribution is 5.96. The molecule has 0 fully saturated rings. The molecule has 0 bridgehead atoms. The van der Waals surface area contributed by atoms with Crippen molar-refractivity contribution in [3.63, 3.8) is 0 Å². The summed E-state index contributed by atoms with van der Waals surface area (Å²) < 4.78 is 26.1. The van der Waals surface area contributed by atoms with E-state index in [9.17, 15) is 18.4 Å². The zero-order valence-corrected chi connectivity index (χ0v) is 10.7. The van der Waals surface area contributed by atoms with Crippen molar-refractivity contribution in [1.82, 2.24) is 5.32 Å². The van der Waals surface area contributed by atoms with E-state index in [0.29, 0.717) is 18.9 Å². The summed E-state index contributed by atoms with van der Waals surface area (Å²) in [5.41, 5.74) is -0.388. The number of unbranched alkanes of at least 4 members (excludes halogenated alkanes) is 1. The lowest BCUT2D eigenvalue weighted by atomic mass is 10.1. The third-order valence-corrected chi connectivity index (χ3v) is 2.68. The van der Waals surface area contributed by atoms with Crippen molar-refractivity contribution >= 4 is 11.9 Å². The van der Waals surface area contributed by atoms with Gasteiger partial charge in [0.25, 0.3) is 5.91 Å². The van der Waals surface area contributed by atoms with Crippen molar-refractivity contribution in [2.45, 2.75) is 25.3 Å². The third kappa shape index (κ3) is 4.46. The van der Waals surface area contributed by atoms with E-state index in [1.807, 2.05) is 0 Å². The highest BCUT2D eigenvalue weighted by atomic mass is 19.1. The van der Waals surface area contributed by atoms with Crippen molar-refractivity contribution in [3.8, 4) is 0 Å². The highest BCUT2D eigenvalue weighted by Gasteiger charge is 2.21. The fraction of sp³-hybridized carbons (Fsp3) is 0.286. The van der Waals surface area contributed by atoms with E-state index in [1.165, 1.54) is 0 Å². The lowest BCUT2D eigenvalue weighted by Gasteiger charge is -2.14. The molecule has 2 N–H and O–H groups in total. The Kier molecular flexibility index (Phi) is 5.83. The van der Waals surface area contributed by atoms with Crippen molar-refractivity contribution < 1.29 is 23.5 Å². The van der Waals surface area contributed by atoms with Gasteiger partial charge in [0.15, 0.2) is 0 Å². The summed E-state index contributed by atoms with van der Waals surface area (Å²) in [5.74, 6) is -3.92. The normalized spacial score (nSPS) is 11.7. The van der Waals surface area contributed by atoms with Gasteiger partial charge < -0.3 is 10.4 Å². The largest absolute Gasteiger partial charge is 0.480 e. The molecule has 108 valence electrons. The third-order valence-electron chi connectivity index (χ3n) is 2.68. The van der Waals surface area contributed by atoms with Gasteiger partial charge >= 0.3 is 5.97 Å². The topological polar surface area (TPSA) is 66.4 Å². The smallest absolute Gasteiger partial charge is 0.326 e. The van der Waals surface area contributed by atoms with E-state index >= 15 is 0 Å². The number of carbonyl (C=O) groups excluding carboxylic acids is 1. The van der Waals surface area contributed by atoms with E-state index in [2.05, 4.69) is 11.9 Å². The number of benzene rings is 1. The monoisotopic (exact) mass is 283 g/mol. The average molecular weight is 283 g/mol. The molecule has 0 radical (unpaired) electrons. The van der Waals surface area contributed by atoms with Gasteiger partial charge in [-0.15, -0.1) is 6.58 Å². The van der Waals surface area contributed by atoms with Crippen molar-refractivity contribution in [3.05, 3.63) is 48.1 Å². The molecule has 0 aliphatic heterocycles. The molecule has 0 heterocycles. The molecule has 0 aromatic heterocycles. The van der Waals surface area contributed by atoms with Crippen LogP contribution in [0.1, 0.15) is 29.6 Å². The van der Waals surface area contributed by atoms with Gasteiger partial charge in [-0.3, -0.25) is 4.79 Å². The predicted octanol–water partition coefficient (Wildman–Crippen LogP) is 2.50. The number of amides is 1. The first-order valence-electron chi connectivity index (χ1n) is 6.05. The predicted molar refractivity (Wildman–Crippen MR) is 69.3 cm³/mol. The quantitative estimate of drug-likeness (QED) is 0.597. The number of aliphatic carboxylic acids is 1. The number of carboxylic acid groups (broad SMARTS) is 1. The lowest BCUT2D eigenvalue weighted by molar-refractivity contribution is -0.139. The Bertz CT molecular complexity index is 517. The van der Waals surface area contributed by atoms with Gasteiger partial charge in [-0.25, -0.2) is 13.6 Å². The van der Waals surface area contributed by atoms with Crippen LogP contribution in [0, 0.1) is 11.6 Å². The van der Waals surface area contributed by atoms with Crippen LogP contribution in [0.2, 0.25) is 0 Å². The molecular weight excluding hydrogens is 268 g/mol. The molecule has 1 rings (SSSR count). The molecule has 1 amide bonds. The Balaban J connectivity index is 2.74. The first-order valence-corrected chi connectivity index (χ1v) is 6.05. The number of allylic oxidation sites excluding steroid dienone is 1. The Morgan fingerprint density at radius 2 is 2.10 bits per heavy atom. The van der Waals surface area contributed by atoms with E-state index in [4.69, 9.17) is 5.11 Å². The van der Waals surface area contributed by atoms with Gasteiger partial charge in [-0.2, -0.15) is 0 Å². The summed E-state index contributed by atoms with van der Waals surface area (Å²) in [6.07, 6.45) is 2.99. The van der Waals surface area contributed by atoms with Crippen molar-refractivity contribution in [2.24, 2.45) is 0 Å². The van der Waals surface area contributed by atoms with Crippen molar-refractivity contribution in [1.29, 1.82) is 0 Å². The average Bonchev–Trinajstić information content (AvgIpc) is 2.37. The second kappa shape index (κ2) is 7.37. The zero-order chi connectivity index (χ0) is 15.1.